The number of hydrogen-bond acceptors (Lipinski definition) is 5. The third-order valence-corrected chi connectivity index (χ3v) is 5.48. The lowest BCUT2D eigenvalue weighted by atomic mass is 10.1. The first-order valence-corrected chi connectivity index (χ1v) is 10.6. The molecule has 3 rings (SSSR count). The lowest BCUT2D eigenvalue weighted by Crippen LogP contribution is -2.46. The number of nitrogens with zero attached hydrogens (tertiary/aromatic N) is 3. The summed E-state index contributed by atoms with van der Waals surface area (Å²) in [5, 5.41) is 13.9. The van der Waals surface area contributed by atoms with Crippen LogP contribution in [0.4, 0.5) is 5.69 Å². The Bertz CT molecular complexity index is 820. The van der Waals surface area contributed by atoms with Gasteiger partial charge in [-0.3, -0.25) is 19.8 Å². The highest BCUT2D eigenvalue weighted by Gasteiger charge is 2.17. The van der Waals surface area contributed by atoms with Crippen LogP contribution in [0.3, 0.4) is 0 Å². The summed E-state index contributed by atoms with van der Waals surface area (Å²) in [5.74, 6) is -0.168. The summed E-state index contributed by atoms with van der Waals surface area (Å²) < 4.78 is 0. The van der Waals surface area contributed by atoms with E-state index >= 15 is 0 Å². The third kappa shape index (κ3) is 6.93. The Morgan fingerprint density at radius 2 is 1.60 bits per heavy atom. The number of benzene rings is 2. The minimum Gasteiger partial charge on any atom is -0.356 e. The van der Waals surface area contributed by atoms with Gasteiger partial charge in [-0.15, -0.1) is 0 Å². The van der Waals surface area contributed by atoms with Crippen LogP contribution in [-0.4, -0.2) is 59.9 Å². The normalized spacial score (nSPS) is 15.1. The van der Waals surface area contributed by atoms with E-state index in [-0.39, 0.29) is 18.0 Å². The summed E-state index contributed by atoms with van der Waals surface area (Å²) in [6.07, 6.45) is 1.98. The van der Waals surface area contributed by atoms with Gasteiger partial charge in [0.25, 0.3) is 5.69 Å². The number of carbonyl (C=O) groups excluding carboxylic acids is 1. The number of hydrogen-bond donors (Lipinski definition) is 1. The number of para-hydroxylation sites is 1. The second-order valence-electron chi connectivity index (χ2n) is 7.72. The molecule has 2 aromatic rings. The zero-order valence-electron chi connectivity index (χ0n) is 17.3. The summed E-state index contributed by atoms with van der Waals surface area (Å²) in [5.41, 5.74) is 1.81. The molecule has 7 nitrogen and oxygen atoms in total. The van der Waals surface area contributed by atoms with Crippen molar-refractivity contribution in [1.82, 2.24) is 15.1 Å². The average Bonchev–Trinajstić information content (AvgIpc) is 2.75. The van der Waals surface area contributed by atoms with E-state index in [4.69, 9.17) is 0 Å². The number of piperazine rings is 1. The molecule has 160 valence electrons. The summed E-state index contributed by atoms with van der Waals surface area (Å²) >= 11 is 0. The average molecular weight is 411 g/mol. The zero-order chi connectivity index (χ0) is 21.2. The predicted octanol–water partition coefficient (Wildman–Crippen LogP) is 2.85. The Labute approximate surface area is 177 Å². The highest BCUT2D eigenvalue weighted by molar-refractivity contribution is 5.79. The molecule has 0 atom stereocenters. The van der Waals surface area contributed by atoms with Crippen molar-refractivity contribution in [2.75, 3.05) is 39.3 Å². The van der Waals surface area contributed by atoms with Gasteiger partial charge in [0.2, 0.25) is 5.91 Å². The van der Waals surface area contributed by atoms with Crippen LogP contribution in [0.15, 0.2) is 54.6 Å². The van der Waals surface area contributed by atoms with Crippen LogP contribution in [0.25, 0.3) is 0 Å². The quantitative estimate of drug-likeness (QED) is 0.370. The van der Waals surface area contributed by atoms with E-state index in [0.717, 1.165) is 52.1 Å². The van der Waals surface area contributed by atoms with E-state index in [2.05, 4.69) is 45.4 Å². The van der Waals surface area contributed by atoms with Crippen LogP contribution in [0.5, 0.6) is 0 Å². The molecule has 1 fully saturated rings. The number of nitro benzene ring substituents is 1. The Kier molecular flexibility index (Phi) is 8.35. The van der Waals surface area contributed by atoms with Crippen molar-refractivity contribution >= 4 is 11.6 Å². The SMILES string of the molecule is O=C(Cc1ccccc1[N+](=O)[O-])NCCCCN1CCN(Cc2ccccc2)CC1. The molecule has 1 aliphatic rings. The van der Waals surface area contributed by atoms with Gasteiger partial charge in [0, 0.05) is 50.9 Å². The molecular weight excluding hydrogens is 380 g/mol. The van der Waals surface area contributed by atoms with E-state index in [1.807, 2.05) is 0 Å². The Morgan fingerprint density at radius 3 is 2.33 bits per heavy atom. The summed E-state index contributed by atoms with van der Waals surface area (Å²) in [6, 6.07) is 17.0. The van der Waals surface area contributed by atoms with Crippen LogP contribution < -0.4 is 5.32 Å². The predicted molar refractivity (Wildman–Crippen MR) is 117 cm³/mol. The van der Waals surface area contributed by atoms with Crippen molar-refractivity contribution < 1.29 is 9.72 Å². The van der Waals surface area contributed by atoms with Gasteiger partial charge in [0.15, 0.2) is 0 Å². The number of nitrogens with one attached hydrogen (secondary N) is 1. The van der Waals surface area contributed by atoms with Crippen LogP contribution in [0, 0.1) is 10.1 Å². The number of unbranched alkanes of at least 4 members (excludes halogenated alkanes) is 1. The fourth-order valence-corrected chi connectivity index (χ4v) is 3.77. The second kappa shape index (κ2) is 11.4. The Balaban J connectivity index is 1.27. The molecule has 0 spiro atoms. The molecule has 1 aliphatic heterocycles. The lowest BCUT2D eigenvalue weighted by Gasteiger charge is -2.34. The molecule has 1 heterocycles. The molecule has 0 saturated carbocycles. The molecule has 7 heteroatoms. The van der Waals surface area contributed by atoms with Crippen LogP contribution in [0.1, 0.15) is 24.0 Å². The maximum atomic E-state index is 12.1. The van der Waals surface area contributed by atoms with Gasteiger partial charge in [0.05, 0.1) is 11.3 Å². The fraction of sp³-hybridized carbons (Fsp3) is 0.435. The maximum absolute atomic E-state index is 12.1. The van der Waals surface area contributed by atoms with Gasteiger partial charge in [-0.05, 0) is 24.9 Å². The van der Waals surface area contributed by atoms with Crippen LogP contribution >= 0.6 is 0 Å². The molecule has 2 aromatic carbocycles. The number of rotatable bonds is 10. The van der Waals surface area contributed by atoms with Gasteiger partial charge in [-0.25, -0.2) is 0 Å². The molecule has 1 saturated heterocycles. The zero-order valence-corrected chi connectivity index (χ0v) is 17.3. The van der Waals surface area contributed by atoms with Gasteiger partial charge in [-0.2, -0.15) is 0 Å². The molecule has 0 aliphatic carbocycles. The van der Waals surface area contributed by atoms with E-state index in [9.17, 15) is 14.9 Å². The third-order valence-electron chi connectivity index (χ3n) is 5.48. The van der Waals surface area contributed by atoms with Crippen molar-refractivity contribution in [2.45, 2.75) is 25.8 Å². The molecule has 1 amide bonds. The molecule has 30 heavy (non-hydrogen) atoms. The Hall–Kier alpha value is -2.77. The summed E-state index contributed by atoms with van der Waals surface area (Å²) in [4.78, 5) is 27.7. The number of nitro groups is 1. The first-order chi connectivity index (χ1) is 14.6. The minimum absolute atomic E-state index is 0.000873. The fourth-order valence-electron chi connectivity index (χ4n) is 3.77. The Morgan fingerprint density at radius 1 is 0.933 bits per heavy atom. The van der Waals surface area contributed by atoms with Crippen molar-refractivity contribution in [3.63, 3.8) is 0 Å². The smallest absolute Gasteiger partial charge is 0.273 e. The molecule has 0 bridgehead atoms. The van der Waals surface area contributed by atoms with Gasteiger partial charge in [0.1, 0.15) is 0 Å². The van der Waals surface area contributed by atoms with E-state index in [1.54, 1.807) is 18.2 Å². The lowest BCUT2D eigenvalue weighted by molar-refractivity contribution is -0.385. The monoisotopic (exact) mass is 410 g/mol. The minimum atomic E-state index is -0.442. The molecule has 0 radical (unpaired) electrons. The second-order valence-corrected chi connectivity index (χ2v) is 7.72. The molecule has 1 N–H and O–H groups in total. The number of amides is 1. The van der Waals surface area contributed by atoms with E-state index in [0.29, 0.717) is 12.1 Å². The summed E-state index contributed by atoms with van der Waals surface area (Å²) in [6.45, 7) is 6.99. The first kappa shape index (κ1) is 21.9. The molecular formula is C23H30N4O3. The number of carbonyl (C=O) groups is 1. The molecule has 0 unspecified atom stereocenters. The van der Waals surface area contributed by atoms with Gasteiger partial charge < -0.3 is 10.2 Å². The topological polar surface area (TPSA) is 78.7 Å². The van der Waals surface area contributed by atoms with E-state index in [1.165, 1.54) is 11.6 Å². The maximum Gasteiger partial charge on any atom is 0.273 e. The summed E-state index contributed by atoms with van der Waals surface area (Å²) in [7, 11) is 0. The molecule has 0 aromatic heterocycles. The van der Waals surface area contributed by atoms with E-state index < -0.39 is 4.92 Å². The van der Waals surface area contributed by atoms with Crippen LogP contribution in [0.2, 0.25) is 0 Å². The van der Waals surface area contributed by atoms with Crippen molar-refractivity contribution in [2.24, 2.45) is 0 Å². The highest BCUT2D eigenvalue weighted by Crippen LogP contribution is 2.18. The van der Waals surface area contributed by atoms with Crippen LogP contribution in [-0.2, 0) is 17.8 Å². The van der Waals surface area contributed by atoms with Crippen molar-refractivity contribution in [3.05, 3.63) is 75.8 Å². The van der Waals surface area contributed by atoms with Crippen molar-refractivity contribution in [1.29, 1.82) is 0 Å². The largest absolute Gasteiger partial charge is 0.356 e. The highest BCUT2D eigenvalue weighted by atomic mass is 16.6. The van der Waals surface area contributed by atoms with Gasteiger partial charge in [-0.1, -0.05) is 48.5 Å². The standard InChI is InChI=1S/C23H30N4O3/c28-23(18-21-10-4-5-11-22(21)27(29)30)24-12-6-7-13-25-14-16-26(17-15-25)19-20-8-2-1-3-9-20/h1-5,8-11H,6-7,12-19H2,(H,24,28). The first-order valence-electron chi connectivity index (χ1n) is 10.6. The van der Waals surface area contributed by atoms with Crippen molar-refractivity contribution in [3.8, 4) is 0 Å². The van der Waals surface area contributed by atoms with Gasteiger partial charge >= 0.3 is 0 Å².